The van der Waals surface area contributed by atoms with Crippen LogP contribution >= 0.6 is 0 Å². The van der Waals surface area contributed by atoms with Crippen molar-refractivity contribution in [1.82, 2.24) is 4.90 Å². The normalized spacial score (nSPS) is 24.0. The van der Waals surface area contributed by atoms with Crippen LogP contribution in [0.5, 0.6) is 0 Å². The minimum atomic E-state index is -3.04. The molecule has 1 aromatic rings. The molecule has 0 saturated heterocycles. The first-order valence-corrected chi connectivity index (χ1v) is 8.97. The predicted octanol–water partition coefficient (Wildman–Crippen LogP) is 2.61. The van der Waals surface area contributed by atoms with Gasteiger partial charge < -0.3 is 0 Å². The molecule has 1 saturated carbocycles. The molecule has 2 atom stereocenters. The van der Waals surface area contributed by atoms with Gasteiger partial charge in [-0.2, -0.15) is 0 Å². The lowest BCUT2D eigenvalue weighted by molar-refractivity contribution is 0.187. The van der Waals surface area contributed by atoms with Crippen molar-refractivity contribution in [1.29, 1.82) is 0 Å². The summed E-state index contributed by atoms with van der Waals surface area (Å²) in [5.74, 6) is -0.251. The molecule has 0 spiro atoms. The van der Waals surface area contributed by atoms with Gasteiger partial charge in [-0.05, 0) is 37.6 Å². The summed E-state index contributed by atoms with van der Waals surface area (Å²) in [6.45, 7) is 0.578. The molecule has 0 amide bonds. The van der Waals surface area contributed by atoms with E-state index in [1.807, 2.05) is 13.1 Å². The van der Waals surface area contributed by atoms with Gasteiger partial charge in [0.1, 0.15) is 5.82 Å². The molecular formula is C15H22FNO2S. The number of sulfone groups is 1. The van der Waals surface area contributed by atoms with Crippen molar-refractivity contribution < 1.29 is 12.8 Å². The molecule has 0 bridgehead atoms. The second kappa shape index (κ2) is 6.22. The van der Waals surface area contributed by atoms with Crippen LogP contribution in [0.15, 0.2) is 24.3 Å². The Morgan fingerprint density at radius 3 is 2.65 bits per heavy atom. The van der Waals surface area contributed by atoms with Crippen LogP contribution in [0.3, 0.4) is 0 Å². The highest BCUT2D eigenvalue weighted by Crippen LogP contribution is 2.28. The Labute approximate surface area is 120 Å². The first kappa shape index (κ1) is 15.4. The first-order valence-electron chi connectivity index (χ1n) is 7.01. The van der Waals surface area contributed by atoms with Crippen molar-refractivity contribution in [2.24, 2.45) is 0 Å². The summed E-state index contributed by atoms with van der Waals surface area (Å²) in [5.41, 5.74) is 0.880. The SMILES string of the molecule is CN(Cc1cccc(F)c1)[C@@H]1CCCC[C@@H]1S(C)(=O)=O. The Morgan fingerprint density at radius 2 is 2.00 bits per heavy atom. The zero-order valence-corrected chi connectivity index (χ0v) is 12.9. The smallest absolute Gasteiger partial charge is 0.151 e. The fourth-order valence-corrected chi connectivity index (χ4v) is 4.63. The maximum absolute atomic E-state index is 13.2. The Morgan fingerprint density at radius 1 is 1.30 bits per heavy atom. The molecule has 1 fully saturated rings. The molecule has 0 unspecified atom stereocenters. The quantitative estimate of drug-likeness (QED) is 0.857. The van der Waals surface area contributed by atoms with Gasteiger partial charge in [0.25, 0.3) is 0 Å². The summed E-state index contributed by atoms with van der Waals surface area (Å²) in [5, 5.41) is -0.296. The topological polar surface area (TPSA) is 37.4 Å². The van der Waals surface area contributed by atoms with E-state index in [9.17, 15) is 12.8 Å². The maximum atomic E-state index is 13.2. The minimum Gasteiger partial charge on any atom is -0.298 e. The number of benzene rings is 1. The number of hydrogen-bond acceptors (Lipinski definition) is 3. The standard InChI is InChI=1S/C15H22FNO2S/c1-17(11-12-6-5-7-13(16)10-12)14-8-3-4-9-15(14)20(2,18)19/h5-7,10,14-15H,3-4,8-9,11H2,1-2H3/t14-,15+/m1/s1. The van der Waals surface area contributed by atoms with Gasteiger partial charge in [-0.25, -0.2) is 12.8 Å². The molecule has 0 heterocycles. The van der Waals surface area contributed by atoms with Crippen molar-refractivity contribution in [2.45, 2.75) is 43.5 Å². The second-order valence-corrected chi connectivity index (χ2v) is 8.03. The number of nitrogens with zero attached hydrogens (tertiary/aromatic N) is 1. The van der Waals surface area contributed by atoms with Crippen molar-refractivity contribution in [3.05, 3.63) is 35.6 Å². The Kier molecular flexibility index (Phi) is 4.81. The first-order chi connectivity index (χ1) is 9.38. The Bertz CT molecular complexity index is 559. The molecule has 5 heteroatoms. The number of hydrogen-bond donors (Lipinski definition) is 0. The van der Waals surface area contributed by atoms with E-state index in [4.69, 9.17) is 0 Å². The summed E-state index contributed by atoms with van der Waals surface area (Å²) < 4.78 is 37.1. The average molecular weight is 299 g/mol. The molecule has 0 radical (unpaired) electrons. The largest absolute Gasteiger partial charge is 0.298 e. The summed E-state index contributed by atoms with van der Waals surface area (Å²) in [7, 11) is -1.11. The molecular weight excluding hydrogens is 277 g/mol. The van der Waals surface area contributed by atoms with E-state index >= 15 is 0 Å². The van der Waals surface area contributed by atoms with Gasteiger partial charge >= 0.3 is 0 Å². The van der Waals surface area contributed by atoms with Gasteiger partial charge in [-0.3, -0.25) is 4.90 Å². The summed E-state index contributed by atoms with van der Waals surface area (Å²) in [6.07, 6.45) is 4.98. The molecule has 0 aromatic heterocycles. The lowest BCUT2D eigenvalue weighted by Crippen LogP contribution is -2.46. The highest BCUT2D eigenvalue weighted by atomic mass is 32.2. The third-order valence-electron chi connectivity index (χ3n) is 4.10. The van der Waals surface area contributed by atoms with E-state index in [-0.39, 0.29) is 17.1 Å². The lowest BCUT2D eigenvalue weighted by atomic mass is 9.93. The fourth-order valence-electron chi connectivity index (χ4n) is 3.12. The average Bonchev–Trinajstić information content (AvgIpc) is 2.37. The molecule has 20 heavy (non-hydrogen) atoms. The lowest BCUT2D eigenvalue weighted by Gasteiger charge is -2.37. The number of halogens is 1. The van der Waals surface area contributed by atoms with Gasteiger partial charge in [-0.1, -0.05) is 25.0 Å². The minimum absolute atomic E-state index is 0.0296. The van der Waals surface area contributed by atoms with Crippen molar-refractivity contribution in [3.63, 3.8) is 0 Å². The van der Waals surface area contributed by atoms with E-state index in [0.29, 0.717) is 6.54 Å². The van der Waals surface area contributed by atoms with Crippen LogP contribution in [0, 0.1) is 5.82 Å². The van der Waals surface area contributed by atoms with Gasteiger partial charge in [0.05, 0.1) is 5.25 Å². The zero-order chi connectivity index (χ0) is 14.8. The van der Waals surface area contributed by atoms with Crippen LogP contribution < -0.4 is 0 Å². The summed E-state index contributed by atoms with van der Waals surface area (Å²) in [6, 6.07) is 6.52. The Balaban J connectivity index is 2.12. The number of rotatable bonds is 4. The van der Waals surface area contributed by atoms with Crippen molar-refractivity contribution in [2.75, 3.05) is 13.3 Å². The van der Waals surface area contributed by atoms with Crippen LogP contribution in [0.25, 0.3) is 0 Å². The van der Waals surface area contributed by atoms with E-state index in [1.165, 1.54) is 18.4 Å². The van der Waals surface area contributed by atoms with Gasteiger partial charge in [0, 0.05) is 18.8 Å². The van der Waals surface area contributed by atoms with E-state index in [1.54, 1.807) is 6.07 Å². The van der Waals surface area contributed by atoms with E-state index in [0.717, 1.165) is 31.2 Å². The Hall–Kier alpha value is -0.940. The maximum Gasteiger partial charge on any atom is 0.151 e. The fraction of sp³-hybridized carbons (Fsp3) is 0.600. The van der Waals surface area contributed by atoms with Crippen molar-refractivity contribution in [3.8, 4) is 0 Å². The molecule has 3 nitrogen and oxygen atoms in total. The summed E-state index contributed by atoms with van der Waals surface area (Å²) >= 11 is 0. The predicted molar refractivity (Wildman–Crippen MR) is 78.8 cm³/mol. The van der Waals surface area contributed by atoms with E-state index in [2.05, 4.69) is 4.90 Å². The van der Waals surface area contributed by atoms with Crippen LogP contribution in [0.4, 0.5) is 4.39 Å². The molecule has 2 rings (SSSR count). The monoisotopic (exact) mass is 299 g/mol. The molecule has 0 aliphatic heterocycles. The molecule has 1 aliphatic rings. The van der Waals surface area contributed by atoms with Gasteiger partial charge in [0.15, 0.2) is 9.84 Å². The molecule has 112 valence electrons. The summed E-state index contributed by atoms with van der Waals surface area (Å²) in [4.78, 5) is 2.06. The highest BCUT2D eigenvalue weighted by Gasteiger charge is 2.34. The van der Waals surface area contributed by atoms with Crippen LogP contribution in [-0.2, 0) is 16.4 Å². The molecule has 1 aromatic carbocycles. The van der Waals surface area contributed by atoms with Crippen LogP contribution in [0.1, 0.15) is 31.2 Å². The van der Waals surface area contributed by atoms with Crippen molar-refractivity contribution >= 4 is 9.84 Å². The van der Waals surface area contributed by atoms with E-state index < -0.39 is 9.84 Å². The third kappa shape index (κ3) is 3.79. The molecule has 1 aliphatic carbocycles. The third-order valence-corrected chi connectivity index (χ3v) is 5.75. The molecule has 0 N–H and O–H groups in total. The van der Waals surface area contributed by atoms with Gasteiger partial charge in [0.2, 0.25) is 0 Å². The van der Waals surface area contributed by atoms with Crippen LogP contribution in [0.2, 0.25) is 0 Å². The van der Waals surface area contributed by atoms with Gasteiger partial charge in [-0.15, -0.1) is 0 Å². The second-order valence-electron chi connectivity index (χ2n) is 5.76. The highest BCUT2D eigenvalue weighted by molar-refractivity contribution is 7.91. The zero-order valence-electron chi connectivity index (χ0n) is 12.0. The van der Waals surface area contributed by atoms with Crippen LogP contribution in [-0.4, -0.2) is 37.9 Å².